The zero-order valence-corrected chi connectivity index (χ0v) is 10.7. The van der Waals surface area contributed by atoms with Gasteiger partial charge in [0.05, 0.1) is 17.7 Å². The molecule has 1 aromatic rings. The van der Waals surface area contributed by atoms with Crippen LogP contribution in [0.2, 0.25) is 10.0 Å². The Morgan fingerprint density at radius 1 is 1.47 bits per heavy atom. The quantitative estimate of drug-likeness (QED) is 0.861. The van der Waals surface area contributed by atoms with E-state index < -0.39 is 0 Å². The number of rotatable bonds is 3. The van der Waals surface area contributed by atoms with Crippen LogP contribution in [0.5, 0.6) is 0 Å². The van der Waals surface area contributed by atoms with Crippen LogP contribution in [0.1, 0.15) is 16.8 Å². The second-order valence-corrected chi connectivity index (χ2v) is 4.79. The van der Waals surface area contributed by atoms with Crippen LogP contribution in [0.15, 0.2) is 18.2 Å². The first-order valence-electron chi connectivity index (χ1n) is 5.47. The molecular formula is C12H13Cl2NO2. The van der Waals surface area contributed by atoms with Crippen LogP contribution in [-0.2, 0) is 4.74 Å². The molecule has 1 N–H and O–H groups in total. The number of carbonyl (C=O) groups is 1. The summed E-state index contributed by atoms with van der Waals surface area (Å²) in [5, 5.41) is 4.13. The molecule has 17 heavy (non-hydrogen) atoms. The normalized spacial score (nSPS) is 20.2. The number of Topliss-reactive ketones (excluding diaryl/α,β-unsaturated/α-hetero) is 1. The Bertz CT molecular complexity index is 417. The molecule has 1 aliphatic heterocycles. The average Bonchev–Trinajstić information content (AvgIpc) is 2.33. The fraction of sp³-hybridized carbons (Fsp3) is 0.417. The Balaban J connectivity index is 2.05. The molecule has 0 amide bonds. The van der Waals surface area contributed by atoms with Crippen molar-refractivity contribution in [1.82, 2.24) is 5.32 Å². The molecule has 0 spiro atoms. The third-order valence-electron chi connectivity index (χ3n) is 2.65. The lowest BCUT2D eigenvalue weighted by Gasteiger charge is -2.23. The first-order valence-corrected chi connectivity index (χ1v) is 6.23. The maximum Gasteiger partial charge on any atom is 0.167 e. The highest BCUT2D eigenvalue weighted by atomic mass is 35.5. The van der Waals surface area contributed by atoms with E-state index in [0.717, 1.165) is 6.54 Å². The van der Waals surface area contributed by atoms with Gasteiger partial charge in [-0.15, -0.1) is 0 Å². The molecule has 0 aromatic heterocycles. The van der Waals surface area contributed by atoms with Crippen molar-refractivity contribution in [2.24, 2.45) is 0 Å². The van der Waals surface area contributed by atoms with Crippen molar-refractivity contribution >= 4 is 29.0 Å². The molecule has 1 aromatic carbocycles. The van der Waals surface area contributed by atoms with Gasteiger partial charge in [-0.3, -0.25) is 4.79 Å². The number of ether oxygens (including phenoxy) is 1. The molecule has 1 fully saturated rings. The summed E-state index contributed by atoms with van der Waals surface area (Å²) in [5.74, 6) is -0.0359. The van der Waals surface area contributed by atoms with Gasteiger partial charge in [-0.25, -0.2) is 0 Å². The van der Waals surface area contributed by atoms with E-state index in [4.69, 9.17) is 27.9 Å². The number of carbonyl (C=O) groups excluding carboxylic acids is 1. The van der Waals surface area contributed by atoms with Gasteiger partial charge in [0.1, 0.15) is 0 Å². The minimum atomic E-state index is -0.0775. The van der Waals surface area contributed by atoms with Gasteiger partial charge in [0, 0.05) is 30.1 Å². The van der Waals surface area contributed by atoms with Gasteiger partial charge < -0.3 is 10.1 Å². The molecule has 1 heterocycles. The van der Waals surface area contributed by atoms with Gasteiger partial charge in [-0.1, -0.05) is 23.2 Å². The van der Waals surface area contributed by atoms with E-state index in [1.807, 2.05) is 0 Å². The summed E-state index contributed by atoms with van der Waals surface area (Å²) in [5.41, 5.74) is 0.466. The van der Waals surface area contributed by atoms with Crippen molar-refractivity contribution < 1.29 is 9.53 Å². The second-order valence-electron chi connectivity index (χ2n) is 3.95. The Morgan fingerprint density at radius 3 is 3.00 bits per heavy atom. The highest BCUT2D eigenvalue weighted by Crippen LogP contribution is 2.22. The van der Waals surface area contributed by atoms with Crippen LogP contribution in [-0.4, -0.2) is 31.6 Å². The topological polar surface area (TPSA) is 38.3 Å². The summed E-state index contributed by atoms with van der Waals surface area (Å²) in [6, 6.07) is 4.90. The number of morpholine rings is 1. The van der Waals surface area contributed by atoms with Gasteiger partial charge in [-0.05, 0) is 18.2 Å². The van der Waals surface area contributed by atoms with Gasteiger partial charge in [0.2, 0.25) is 0 Å². The number of ketones is 1. The summed E-state index contributed by atoms with van der Waals surface area (Å²) in [6.45, 7) is 2.17. The summed E-state index contributed by atoms with van der Waals surface area (Å²) in [7, 11) is 0. The third kappa shape index (κ3) is 3.42. The average molecular weight is 274 g/mol. The third-order valence-corrected chi connectivity index (χ3v) is 3.21. The van der Waals surface area contributed by atoms with Crippen LogP contribution in [0, 0.1) is 0 Å². The van der Waals surface area contributed by atoms with E-state index in [1.165, 1.54) is 0 Å². The number of hydrogen-bond donors (Lipinski definition) is 1. The molecule has 2 rings (SSSR count). The summed E-state index contributed by atoms with van der Waals surface area (Å²) < 4.78 is 5.48. The number of halogens is 2. The fourth-order valence-corrected chi connectivity index (χ4v) is 2.17. The lowest BCUT2D eigenvalue weighted by Crippen LogP contribution is -2.39. The van der Waals surface area contributed by atoms with Crippen LogP contribution < -0.4 is 5.32 Å². The first kappa shape index (κ1) is 12.8. The van der Waals surface area contributed by atoms with Crippen molar-refractivity contribution in [1.29, 1.82) is 0 Å². The molecule has 92 valence electrons. The van der Waals surface area contributed by atoms with Crippen LogP contribution in [0.4, 0.5) is 0 Å². The zero-order valence-electron chi connectivity index (χ0n) is 9.21. The maximum atomic E-state index is 12.0. The predicted molar refractivity (Wildman–Crippen MR) is 68.0 cm³/mol. The number of hydrogen-bond acceptors (Lipinski definition) is 3. The standard InChI is InChI=1S/C12H13Cl2NO2/c13-8-1-2-11(14)10(5-8)12(16)6-9-7-15-3-4-17-9/h1-2,5,9,15H,3-4,6-7H2. The van der Waals surface area contributed by atoms with Gasteiger partial charge in [0.25, 0.3) is 0 Å². The first-order chi connectivity index (χ1) is 8.16. The van der Waals surface area contributed by atoms with E-state index >= 15 is 0 Å². The molecule has 0 aliphatic carbocycles. The Labute approximate surface area is 110 Å². The SMILES string of the molecule is O=C(CC1CNCCO1)c1cc(Cl)ccc1Cl. The fourth-order valence-electron chi connectivity index (χ4n) is 1.78. The monoisotopic (exact) mass is 273 g/mol. The van der Waals surface area contributed by atoms with Gasteiger partial charge in [-0.2, -0.15) is 0 Å². The van der Waals surface area contributed by atoms with Gasteiger partial charge in [0.15, 0.2) is 5.78 Å². The molecule has 0 radical (unpaired) electrons. The largest absolute Gasteiger partial charge is 0.375 e. The van der Waals surface area contributed by atoms with Crippen LogP contribution in [0.3, 0.4) is 0 Å². The minimum absolute atomic E-state index is 0.0359. The molecule has 1 unspecified atom stereocenters. The zero-order chi connectivity index (χ0) is 12.3. The molecule has 1 saturated heterocycles. The Morgan fingerprint density at radius 2 is 2.29 bits per heavy atom. The van der Waals surface area contributed by atoms with Crippen molar-refractivity contribution in [3.05, 3.63) is 33.8 Å². The van der Waals surface area contributed by atoms with E-state index in [2.05, 4.69) is 5.32 Å². The lowest BCUT2D eigenvalue weighted by atomic mass is 10.0. The van der Waals surface area contributed by atoms with E-state index in [-0.39, 0.29) is 11.9 Å². The van der Waals surface area contributed by atoms with Crippen molar-refractivity contribution in [3.63, 3.8) is 0 Å². The Hall–Kier alpha value is -0.610. The molecule has 3 nitrogen and oxygen atoms in total. The summed E-state index contributed by atoms with van der Waals surface area (Å²) in [4.78, 5) is 12.0. The van der Waals surface area contributed by atoms with E-state index in [9.17, 15) is 4.79 Å². The lowest BCUT2D eigenvalue weighted by molar-refractivity contribution is 0.0240. The predicted octanol–water partition coefficient (Wildman–Crippen LogP) is 2.55. The molecular weight excluding hydrogens is 261 g/mol. The summed E-state index contributed by atoms with van der Waals surface area (Å²) >= 11 is 11.8. The minimum Gasteiger partial charge on any atom is -0.375 e. The van der Waals surface area contributed by atoms with Crippen LogP contribution >= 0.6 is 23.2 Å². The maximum absolute atomic E-state index is 12.0. The summed E-state index contributed by atoms with van der Waals surface area (Å²) in [6.07, 6.45) is 0.249. The van der Waals surface area contributed by atoms with Crippen molar-refractivity contribution in [3.8, 4) is 0 Å². The second kappa shape index (κ2) is 5.83. The smallest absolute Gasteiger partial charge is 0.167 e. The molecule has 5 heteroatoms. The van der Waals surface area contributed by atoms with E-state index in [0.29, 0.717) is 35.2 Å². The van der Waals surface area contributed by atoms with E-state index in [1.54, 1.807) is 18.2 Å². The Kier molecular flexibility index (Phi) is 4.40. The van der Waals surface area contributed by atoms with Crippen molar-refractivity contribution in [2.45, 2.75) is 12.5 Å². The van der Waals surface area contributed by atoms with Crippen LogP contribution in [0.25, 0.3) is 0 Å². The highest BCUT2D eigenvalue weighted by Gasteiger charge is 2.20. The highest BCUT2D eigenvalue weighted by molar-refractivity contribution is 6.35. The van der Waals surface area contributed by atoms with Gasteiger partial charge >= 0.3 is 0 Å². The van der Waals surface area contributed by atoms with Crippen molar-refractivity contribution in [2.75, 3.05) is 19.7 Å². The molecule has 0 saturated carbocycles. The molecule has 0 bridgehead atoms. The molecule has 1 atom stereocenters. The molecule has 1 aliphatic rings. The number of benzene rings is 1. The number of nitrogens with one attached hydrogen (secondary N) is 1.